The zero-order valence-electron chi connectivity index (χ0n) is 14.3. The number of hydrogen-bond donors (Lipinski definition) is 0. The third kappa shape index (κ3) is 4.36. The van der Waals surface area contributed by atoms with E-state index in [4.69, 9.17) is 4.74 Å². The molecule has 5 heteroatoms. The quantitative estimate of drug-likeness (QED) is 0.860. The maximum Gasteiger partial charge on any atom is 0.410 e. The van der Waals surface area contributed by atoms with Crippen LogP contribution < -0.4 is 4.90 Å². The van der Waals surface area contributed by atoms with Crippen molar-refractivity contribution in [3.8, 4) is 0 Å². The minimum absolute atomic E-state index is 0.183. The average molecular weight is 305 g/mol. The summed E-state index contributed by atoms with van der Waals surface area (Å²) in [5.41, 5.74) is 0.737. The van der Waals surface area contributed by atoms with Gasteiger partial charge in [-0.15, -0.1) is 0 Å². The Labute approximate surface area is 133 Å². The van der Waals surface area contributed by atoms with Crippen LogP contribution in [-0.2, 0) is 4.74 Å². The highest BCUT2D eigenvalue weighted by Gasteiger charge is 2.32. The molecule has 1 unspecified atom stereocenters. The summed E-state index contributed by atoms with van der Waals surface area (Å²) in [5.74, 6) is 0.941. The molecule has 2 rings (SSSR count). The molecular weight excluding hydrogens is 278 g/mol. The van der Waals surface area contributed by atoms with Crippen molar-refractivity contribution in [3.63, 3.8) is 0 Å². The van der Waals surface area contributed by atoms with Crippen molar-refractivity contribution in [1.29, 1.82) is 0 Å². The number of nitrogens with zero attached hydrogens (tertiary/aromatic N) is 3. The molecule has 0 bridgehead atoms. The number of ether oxygens (including phenoxy) is 1. The third-order valence-electron chi connectivity index (χ3n) is 3.78. The molecular formula is C17H27N3O2. The van der Waals surface area contributed by atoms with Crippen molar-refractivity contribution in [2.45, 2.75) is 52.2 Å². The number of anilines is 1. The van der Waals surface area contributed by atoms with Crippen LogP contribution in [0.15, 0.2) is 18.3 Å². The maximum absolute atomic E-state index is 12.3. The Hall–Kier alpha value is -1.78. The molecule has 0 radical (unpaired) electrons. The lowest BCUT2D eigenvalue weighted by molar-refractivity contribution is 0.0232. The fourth-order valence-electron chi connectivity index (χ4n) is 2.73. The summed E-state index contributed by atoms with van der Waals surface area (Å²) in [5, 5.41) is 0. The summed E-state index contributed by atoms with van der Waals surface area (Å²) in [7, 11) is 2.02. The fourth-order valence-corrected chi connectivity index (χ4v) is 2.73. The van der Waals surface area contributed by atoms with Crippen LogP contribution in [0.4, 0.5) is 10.6 Å². The lowest BCUT2D eigenvalue weighted by atomic mass is 10.2. The van der Waals surface area contributed by atoms with Crippen molar-refractivity contribution >= 4 is 11.9 Å². The van der Waals surface area contributed by atoms with E-state index in [-0.39, 0.29) is 12.1 Å². The fraction of sp³-hybridized carbons (Fsp3) is 0.647. The van der Waals surface area contributed by atoms with Gasteiger partial charge in [0, 0.05) is 26.3 Å². The number of carbonyl (C=O) groups excluding carboxylic acids is 1. The number of carbonyl (C=O) groups is 1. The van der Waals surface area contributed by atoms with E-state index in [1.54, 1.807) is 0 Å². The molecule has 1 aromatic rings. The molecule has 1 atom stereocenters. The van der Waals surface area contributed by atoms with Crippen LogP contribution in [0.3, 0.4) is 0 Å². The zero-order chi connectivity index (χ0) is 16.3. The molecule has 0 aromatic carbocycles. The number of likely N-dealkylation sites (tertiary alicyclic amines) is 1. The van der Waals surface area contributed by atoms with E-state index in [9.17, 15) is 4.79 Å². The van der Waals surface area contributed by atoms with E-state index >= 15 is 0 Å². The molecule has 0 spiro atoms. The lowest BCUT2D eigenvalue weighted by Crippen LogP contribution is -2.44. The standard InChI is InChI=1S/C17H27N3O2/c1-13-8-9-18-15(11-13)19(5)12-14-7-6-10-20(14)16(21)22-17(2,3)4/h8-9,11,14H,6-7,10,12H2,1-5H3. The van der Waals surface area contributed by atoms with Crippen LogP contribution in [0.25, 0.3) is 0 Å². The number of aromatic nitrogens is 1. The van der Waals surface area contributed by atoms with Crippen LogP contribution in [0.5, 0.6) is 0 Å². The highest BCUT2D eigenvalue weighted by Crippen LogP contribution is 2.22. The normalized spacial score (nSPS) is 18.4. The van der Waals surface area contributed by atoms with Gasteiger partial charge in [0.15, 0.2) is 0 Å². The summed E-state index contributed by atoms with van der Waals surface area (Å²) in [6.07, 6.45) is 3.65. The highest BCUT2D eigenvalue weighted by atomic mass is 16.6. The summed E-state index contributed by atoms with van der Waals surface area (Å²) < 4.78 is 5.51. The smallest absolute Gasteiger partial charge is 0.410 e. The number of pyridine rings is 1. The van der Waals surface area contributed by atoms with Gasteiger partial charge >= 0.3 is 6.09 Å². The Balaban J connectivity index is 2.00. The summed E-state index contributed by atoms with van der Waals surface area (Å²) in [6.45, 7) is 9.31. The second-order valence-corrected chi connectivity index (χ2v) is 7.04. The predicted molar refractivity (Wildman–Crippen MR) is 88.2 cm³/mol. The molecule has 5 nitrogen and oxygen atoms in total. The van der Waals surface area contributed by atoms with Gasteiger partial charge in [0.1, 0.15) is 11.4 Å². The Morgan fingerprint density at radius 2 is 2.23 bits per heavy atom. The van der Waals surface area contributed by atoms with Crippen LogP contribution >= 0.6 is 0 Å². The summed E-state index contributed by atoms with van der Waals surface area (Å²) in [6, 6.07) is 4.23. The van der Waals surface area contributed by atoms with Gasteiger partial charge in [-0.1, -0.05) is 0 Å². The van der Waals surface area contributed by atoms with E-state index in [0.29, 0.717) is 0 Å². The maximum atomic E-state index is 12.3. The number of amides is 1. The van der Waals surface area contributed by atoms with Crippen molar-refractivity contribution < 1.29 is 9.53 Å². The van der Waals surface area contributed by atoms with E-state index < -0.39 is 5.60 Å². The Morgan fingerprint density at radius 1 is 1.50 bits per heavy atom. The van der Waals surface area contributed by atoms with E-state index in [1.807, 2.05) is 45.0 Å². The third-order valence-corrected chi connectivity index (χ3v) is 3.78. The first-order valence-electron chi connectivity index (χ1n) is 7.90. The topological polar surface area (TPSA) is 45.7 Å². The monoisotopic (exact) mass is 305 g/mol. The van der Waals surface area contributed by atoms with Crippen LogP contribution in [-0.4, -0.2) is 47.8 Å². The molecule has 1 amide bonds. The highest BCUT2D eigenvalue weighted by molar-refractivity contribution is 5.69. The molecule has 1 aromatic heterocycles. The first kappa shape index (κ1) is 16.6. The largest absolute Gasteiger partial charge is 0.444 e. The number of likely N-dealkylation sites (N-methyl/N-ethyl adjacent to an activating group) is 1. The van der Waals surface area contributed by atoms with E-state index in [0.717, 1.165) is 31.7 Å². The van der Waals surface area contributed by atoms with E-state index in [2.05, 4.69) is 22.9 Å². The molecule has 1 aliphatic rings. The number of hydrogen-bond acceptors (Lipinski definition) is 4. The molecule has 22 heavy (non-hydrogen) atoms. The van der Waals surface area contributed by atoms with Crippen LogP contribution in [0, 0.1) is 6.92 Å². The second-order valence-electron chi connectivity index (χ2n) is 7.04. The van der Waals surface area contributed by atoms with Gasteiger partial charge in [0.05, 0.1) is 6.04 Å². The van der Waals surface area contributed by atoms with Crippen molar-refractivity contribution in [2.24, 2.45) is 0 Å². The molecule has 0 saturated carbocycles. The summed E-state index contributed by atoms with van der Waals surface area (Å²) in [4.78, 5) is 20.7. The Bertz CT molecular complexity index is 525. The lowest BCUT2D eigenvalue weighted by Gasteiger charge is -2.31. The van der Waals surface area contributed by atoms with Gasteiger partial charge in [-0.3, -0.25) is 0 Å². The second kappa shape index (κ2) is 6.55. The molecule has 1 fully saturated rings. The number of rotatable bonds is 3. The van der Waals surface area contributed by atoms with Gasteiger partial charge in [0.2, 0.25) is 0 Å². The zero-order valence-corrected chi connectivity index (χ0v) is 14.3. The minimum atomic E-state index is -0.450. The van der Waals surface area contributed by atoms with Crippen molar-refractivity contribution in [2.75, 3.05) is 25.0 Å². The molecule has 0 aliphatic carbocycles. The summed E-state index contributed by atoms with van der Waals surface area (Å²) >= 11 is 0. The molecule has 2 heterocycles. The van der Waals surface area contributed by atoms with Gasteiger partial charge in [-0.25, -0.2) is 9.78 Å². The van der Waals surface area contributed by atoms with E-state index in [1.165, 1.54) is 5.56 Å². The average Bonchev–Trinajstić information content (AvgIpc) is 2.85. The van der Waals surface area contributed by atoms with Crippen molar-refractivity contribution in [1.82, 2.24) is 9.88 Å². The molecule has 1 aliphatic heterocycles. The first-order valence-corrected chi connectivity index (χ1v) is 7.90. The first-order chi connectivity index (χ1) is 10.3. The predicted octanol–water partition coefficient (Wildman–Crippen LogP) is 3.23. The van der Waals surface area contributed by atoms with Gasteiger partial charge in [0.25, 0.3) is 0 Å². The number of aryl methyl sites for hydroxylation is 1. The molecule has 122 valence electrons. The Morgan fingerprint density at radius 3 is 2.86 bits per heavy atom. The SMILES string of the molecule is Cc1ccnc(N(C)CC2CCCN2C(=O)OC(C)(C)C)c1. The van der Waals surface area contributed by atoms with Gasteiger partial charge in [-0.05, 0) is 58.2 Å². The Kier molecular flexibility index (Phi) is 4.94. The van der Waals surface area contributed by atoms with Gasteiger partial charge in [-0.2, -0.15) is 0 Å². The van der Waals surface area contributed by atoms with Crippen molar-refractivity contribution in [3.05, 3.63) is 23.9 Å². The van der Waals surface area contributed by atoms with Crippen LogP contribution in [0.2, 0.25) is 0 Å². The minimum Gasteiger partial charge on any atom is -0.444 e. The van der Waals surface area contributed by atoms with Crippen LogP contribution in [0.1, 0.15) is 39.2 Å². The molecule has 1 saturated heterocycles. The van der Waals surface area contributed by atoms with Gasteiger partial charge < -0.3 is 14.5 Å². The molecule has 0 N–H and O–H groups in total.